The number of nitrogens with one attached hydrogen (secondary N) is 1. The zero-order valence-electron chi connectivity index (χ0n) is 7.45. The molecule has 3 nitrogen and oxygen atoms in total. The highest BCUT2D eigenvalue weighted by Crippen LogP contribution is 2.30. The van der Waals surface area contributed by atoms with Gasteiger partial charge in [-0.3, -0.25) is 4.79 Å². The van der Waals surface area contributed by atoms with Crippen molar-refractivity contribution in [3.05, 3.63) is 35.9 Å². The Balaban J connectivity index is 2.55. The lowest BCUT2D eigenvalue weighted by molar-refractivity contribution is 0.0955. The largest absolute Gasteiger partial charge is 0.271 e. The highest BCUT2D eigenvalue weighted by atomic mass is 80.0. The number of hydrogen-bond donors (Lipinski definition) is 1. The normalized spacial score (nSPS) is 11.7. The summed E-state index contributed by atoms with van der Waals surface area (Å²) < 4.78 is -0.586. The highest BCUT2D eigenvalue weighted by molar-refractivity contribution is 9.40. The molecule has 6 heteroatoms. The van der Waals surface area contributed by atoms with Gasteiger partial charge in [-0.15, -0.1) is 0 Å². The molecule has 80 valence electrons. The molecule has 0 saturated heterocycles. The van der Waals surface area contributed by atoms with Crippen molar-refractivity contribution in [3.8, 4) is 0 Å². The zero-order valence-corrected chi connectivity index (χ0v) is 12.2. The van der Waals surface area contributed by atoms with Crippen LogP contribution >= 0.6 is 47.8 Å². The Morgan fingerprint density at radius 2 is 1.87 bits per heavy atom. The van der Waals surface area contributed by atoms with Gasteiger partial charge < -0.3 is 0 Å². The van der Waals surface area contributed by atoms with Crippen LogP contribution in [0.25, 0.3) is 0 Å². The summed E-state index contributed by atoms with van der Waals surface area (Å²) >= 11 is 9.65. The number of benzene rings is 1. The number of halogens is 3. The summed E-state index contributed by atoms with van der Waals surface area (Å²) in [5.74, 6) is -0.247. The van der Waals surface area contributed by atoms with Crippen molar-refractivity contribution in [2.24, 2.45) is 5.10 Å². The number of amides is 1. The minimum atomic E-state index is -0.586. The Kier molecular flexibility index (Phi) is 4.95. The summed E-state index contributed by atoms with van der Waals surface area (Å²) in [6, 6.07) is 8.87. The van der Waals surface area contributed by atoms with Crippen LogP contribution in [0.1, 0.15) is 10.4 Å². The first-order chi connectivity index (χ1) is 6.99. The number of rotatable bonds is 2. The van der Waals surface area contributed by atoms with Crippen molar-refractivity contribution >= 4 is 59.9 Å². The third-order valence-corrected chi connectivity index (χ3v) is 2.03. The summed E-state index contributed by atoms with van der Waals surface area (Å²) in [7, 11) is 0. The molecule has 0 heterocycles. The smallest absolute Gasteiger partial charge is 0.267 e. The van der Waals surface area contributed by atoms with Crippen molar-refractivity contribution in [2.45, 2.75) is 2.14 Å². The lowest BCUT2D eigenvalue weighted by atomic mass is 10.2. The minimum absolute atomic E-state index is 0.247. The summed E-state index contributed by atoms with van der Waals surface area (Å²) in [6.45, 7) is 0. The van der Waals surface area contributed by atoms with Crippen LogP contribution in [0.2, 0.25) is 0 Å². The van der Waals surface area contributed by atoms with E-state index < -0.39 is 2.14 Å². The molecule has 1 N–H and O–H groups in total. The van der Waals surface area contributed by atoms with E-state index in [4.69, 9.17) is 0 Å². The lowest BCUT2D eigenvalue weighted by Crippen LogP contribution is -2.18. The van der Waals surface area contributed by atoms with E-state index in [-0.39, 0.29) is 5.91 Å². The Hall–Kier alpha value is -0.200. The molecule has 0 fully saturated rings. The molecule has 0 saturated carbocycles. The molecule has 1 rings (SSSR count). The predicted octanol–water partition coefficient (Wildman–Crippen LogP) is 3.24. The first kappa shape index (κ1) is 12.9. The summed E-state index contributed by atoms with van der Waals surface area (Å²) in [4.78, 5) is 11.5. The second-order valence-electron chi connectivity index (χ2n) is 2.61. The van der Waals surface area contributed by atoms with E-state index >= 15 is 0 Å². The molecular formula is C9H7Br3N2O. The van der Waals surface area contributed by atoms with Crippen molar-refractivity contribution in [3.63, 3.8) is 0 Å². The maximum atomic E-state index is 11.5. The standard InChI is InChI=1S/C9H7Br3N2O/c10-9(11,12)6-13-14-8(15)7-4-2-1-3-5-7/h1-6H,(H,14,15)/b13-6+. The van der Waals surface area contributed by atoms with Crippen LogP contribution in [0.4, 0.5) is 0 Å². The van der Waals surface area contributed by atoms with Gasteiger partial charge in [-0.25, -0.2) is 5.43 Å². The van der Waals surface area contributed by atoms with E-state index in [1.54, 1.807) is 24.3 Å². The van der Waals surface area contributed by atoms with Gasteiger partial charge in [-0.05, 0) is 12.1 Å². The molecule has 0 atom stereocenters. The topological polar surface area (TPSA) is 41.5 Å². The SMILES string of the molecule is O=C(N/N=C/C(Br)(Br)Br)c1ccccc1. The summed E-state index contributed by atoms with van der Waals surface area (Å²) in [5, 5.41) is 3.75. The van der Waals surface area contributed by atoms with Crippen LogP contribution in [0.5, 0.6) is 0 Å². The molecule has 0 radical (unpaired) electrons. The minimum Gasteiger partial charge on any atom is -0.267 e. The van der Waals surface area contributed by atoms with Crippen LogP contribution in [0, 0.1) is 0 Å². The van der Waals surface area contributed by atoms with Gasteiger partial charge in [0.15, 0.2) is 2.14 Å². The Bertz CT molecular complexity index is 359. The van der Waals surface area contributed by atoms with Gasteiger partial charge in [0.1, 0.15) is 0 Å². The van der Waals surface area contributed by atoms with E-state index in [0.717, 1.165) is 0 Å². The molecule has 0 aliphatic carbocycles. The third kappa shape index (κ3) is 5.44. The molecule has 1 aromatic rings. The van der Waals surface area contributed by atoms with Gasteiger partial charge in [-0.2, -0.15) is 5.10 Å². The highest BCUT2D eigenvalue weighted by Gasteiger charge is 2.13. The fourth-order valence-corrected chi connectivity index (χ4v) is 1.13. The number of carbonyl (C=O) groups is 1. The van der Waals surface area contributed by atoms with Crippen LogP contribution in [-0.2, 0) is 0 Å². The fourth-order valence-electron chi connectivity index (χ4n) is 0.818. The number of carbonyl (C=O) groups excluding carboxylic acids is 1. The van der Waals surface area contributed by atoms with E-state index in [9.17, 15) is 4.79 Å². The lowest BCUT2D eigenvalue weighted by Gasteiger charge is -2.03. The van der Waals surface area contributed by atoms with Gasteiger partial charge in [-0.1, -0.05) is 66.0 Å². The fraction of sp³-hybridized carbons (Fsp3) is 0.111. The second-order valence-corrected chi connectivity index (χ2v) is 9.55. The number of alkyl halides is 3. The average Bonchev–Trinajstić information content (AvgIpc) is 2.17. The Morgan fingerprint density at radius 3 is 2.40 bits per heavy atom. The predicted molar refractivity (Wildman–Crippen MR) is 71.9 cm³/mol. The van der Waals surface area contributed by atoms with Crippen molar-refractivity contribution in [1.82, 2.24) is 5.43 Å². The number of hydrazone groups is 1. The zero-order chi connectivity index (χ0) is 11.3. The van der Waals surface area contributed by atoms with Crippen molar-refractivity contribution in [1.29, 1.82) is 0 Å². The molecule has 1 amide bonds. The van der Waals surface area contributed by atoms with Crippen LogP contribution < -0.4 is 5.43 Å². The van der Waals surface area contributed by atoms with Gasteiger partial charge in [0.25, 0.3) is 5.91 Å². The molecule has 0 unspecified atom stereocenters. The van der Waals surface area contributed by atoms with Gasteiger partial charge in [0, 0.05) is 5.56 Å². The van der Waals surface area contributed by atoms with Gasteiger partial charge >= 0.3 is 0 Å². The summed E-state index contributed by atoms with van der Waals surface area (Å²) in [5.41, 5.74) is 2.96. The summed E-state index contributed by atoms with van der Waals surface area (Å²) in [6.07, 6.45) is 1.47. The molecule has 0 aromatic heterocycles. The van der Waals surface area contributed by atoms with Crippen LogP contribution in [-0.4, -0.2) is 14.3 Å². The maximum Gasteiger partial charge on any atom is 0.271 e. The molecule has 0 bridgehead atoms. The van der Waals surface area contributed by atoms with Gasteiger partial charge in [0.2, 0.25) is 0 Å². The average molecular weight is 399 g/mol. The van der Waals surface area contributed by atoms with E-state index in [0.29, 0.717) is 5.56 Å². The van der Waals surface area contributed by atoms with E-state index in [1.165, 1.54) is 6.21 Å². The Morgan fingerprint density at radius 1 is 1.27 bits per heavy atom. The van der Waals surface area contributed by atoms with Crippen LogP contribution in [0.3, 0.4) is 0 Å². The molecule has 1 aromatic carbocycles. The van der Waals surface area contributed by atoms with Gasteiger partial charge in [0.05, 0.1) is 6.21 Å². The molecule has 0 spiro atoms. The molecule has 15 heavy (non-hydrogen) atoms. The van der Waals surface area contributed by atoms with Crippen LogP contribution in [0.15, 0.2) is 35.4 Å². The van der Waals surface area contributed by atoms with E-state index in [2.05, 4.69) is 58.3 Å². The Labute approximate surface area is 113 Å². The number of hydrogen-bond acceptors (Lipinski definition) is 2. The van der Waals surface area contributed by atoms with Crippen molar-refractivity contribution in [2.75, 3.05) is 0 Å². The monoisotopic (exact) mass is 396 g/mol. The quantitative estimate of drug-likeness (QED) is 0.464. The second kappa shape index (κ2) is 5.77. The van der Waals surface area contributed by atoms with E-state index in [1.807, 2.05) is 6.07 Å². The number of nitrogens with zero attached hydrogens (tertiary/aromatic N) is 1. The maximum absolute atomic E-state index is 11.5. The molecule has 0 aliphatic heterocycles. The third-order valence-electron chi connectivity index (χ3n) is 1.41. The first-order valence-corrected chi connectivity index (χ1v) is 6.33. The molecular weight excluding hydrogens is 392 g/mol. The molecule has 0 aliphatic rings. The first-order valence-electron chi connectivity index (χ1n) is 3.95. The van der Waals surface area contributed by atoms with Crippen molar-refractivity contribution < 1.29 is 4.79 Å².